The number of hydrogen-bond acceptors (Lipinski definition) is 6. The van der Waals surface area contributed by atoms with E-state index in [2.05, 4.69) is 12.2 Å². The van der Waals surface area contributed by atoms with Gasteiger partial charge in [-0.25, -0.2) is 9.59 Å². The minimum absolute atomic E-state index is 0.102. The Hall–Kier alpha value is -4.65. The van der Waals surface area contributed by atoms with Crippen LogP contribution in [0.15, 0.2) is 94.2 Å². The summed E-state index contributed by atoms with van der Waals surface area (Å²) in [6.07, 6.45) is 5.02. The van der Waals surface area contributed by atoms with Crippen molar-refractivity contribution in [3.63, 3.8) is 0 Å². The van der Waals surface area contributed by atoms with Crippen molar-refractivity contribution in [1.29, 1.82) is 0 Å². The first-order valence-electron chi connectivity index (χ1n) is 12.5. The van der Waals surface area contributed by atoms with Gasteiger partial charge in [0.25, 0.3) is 5.91 Å². The number of carbonyl (C=O) groups excluding carboxylic acids is 2. The second kappa shape index (κ2) is 12.5. The summed E-state index contributed by atoms with van der Waals surface area (Å²) < 4.78 is 16.4. The van der Waals surface area contributed by atoms with Crippen LogP contribution in [-0.4, -0.2) is 18.5 Å². The lowest BCUT2D eigenvalue weighted by Crippen LogP contribution is -2.30. The van der Waals surface area contributed by atoms with Gasteiger partial charge >= 0.3 is 11.6 Å². The lowest BCUT2D eigenvalue weighted by molar-refractivity contribution is -0.128. The SMILES string of the molecule is CCCCOc1ccc(/C=C/C(=O)Oc2ccc3cc(C(=O)NC(C)c4ccccc4)c(=O)oc3c2)cc1. The molecular weight excluding hydrogens is 482 g/mol. The highest BCUT2D eigenvalue weighted by Crippen LogP contribution is 2.22. The Balaban J connectivity index is 1.39. The van der Waals surface area contributed by atoms with Gasteiger partial charge in [0.15, 0.2) is 0 Å². The van der Waals surface area contributed by atoms with Crippen LogP contribution in [0.3, 0.4) is 0 Å². The van der Waals surface area contributed by atoms with Gasteiger partial charge in [-0.1, -0.05) is 55.8 Å². The van der Waals surface area contributed by atoms with Gasteiger partial charge in [0.1, 0.15) is 22.6 Å². The van der Waals surface area contributed by atoms with E-state index < -0.39 is 17.5 Å². The van der Waals surface area contributed by atoms with Gasteiger partial charge < -0.3 is 19.2 Å². The van der Waals surface area contributed by atoms with Crippen molar-refractivity contribution < 1.29 is 23.5 Å². The highest BCUT2D eigenvalue weighted by Gasteiger charge is 2.17. The van der Waals surface area contributed by atoms with Crippen LogP contribution in [0.4, 0.5) is 0 Å². The Morgan fingerprint density at radius 3 is 2.45 bits per heavy atom. The number of fused-ring (bicyclic) bond motifs is 1. The van der Waals surface area contributed by atoms with Crippen LogP contribution in [0.5, 0.6) is 11.5 Å². The predicted molar refractivity (Wildman–Crippen MR) is 146 cm³/mol. The van der Waals surface area contributed by atoms with E-state index in [0.717, 1.165) is 29.7 Å². The zero-order valence-electron chi connectivity index (χ0n) is 21.3. The number of amides is 1. The fraction of sp³-hybridized carbons (Fsp3) is 0.194. The molecule has 1 N–H and O–H groups in total. The number of nitrogens with one attached hydrogen (secondary N) is 1. The molecule has 38 heavy (non-hydrogen) atoms. The van der Waals surface area contributed by atoms with Crippen molar-refractivity contribution in [3.8, 4) is 11.5 Å². The molecule has 1 unspecified atom stereocenters. The van der Waals surface area contributed by atoms with Crippen LogP contribution in [0.2, 0.25) is 0 Å². The molecule has 0 saturated heterocycles. The van der Waals surface area contributed by atoms with Gasteiger partial charge in [-0.15, -0.1) is 0 Å². The van der Waals surface area contributed by atoms with Gasteiger partial charge in [0, 0.05) is 17.5 Å². The van der Waals surface area contributed by atoms with Crippen molar-refractivity contribution in [2.45, 2.75) is 32.7 Å². The number of unbranched alkanes of at least 4 members (excludes halogenated alkanes) is 1. The molecule has 1 aromatic heterocycles. The zero-order chi connectivity index (χ0) is 26.9. The maximum Gasteiger partial charge on any atom is 0.349 e. The molecule has 0 fully saturated rings. The zero-order valence-corrected chi connectivity index (χ0v) is 21.3. The Morgan fingerprint density at radius 2 is 1.71 bits per heavy atom. The Labute approximate surface area is 220 Å². The van der Waals surface area contributed by atoms with Crippen molar-refractivity contribution in [2.24, 2.45) is 0 Å². The average molecular weight is 512 g/mol. The Morgan fingerprint density at radius 1 is 0.974 bits per heavy atom. The first kappa shape index (κ1) is 26.4. The summed E-state index contributed by atoms with van der Waals surface area (Å²) in [4.78, 5) is 37.6. The Kier molecular flexibility index (Phi) is 8.72. The van der Waals surface area contributed by atoms with Crippen LogP contribution >= 0.6 is 0 Å². The number of ether oxygens (including phenoxy) is 2. The molecule has 7 nitrogen and oxygen atoms in total. The number of rotatable bonds is 10. The van der Waals surface area contributed by atoms with E-state index >= 15 is 0 Å². The summed E-state index contributed by atoms with van der Waals surface area (Å²) in [6, 6.07) is 22.7. The summed E-state index contributed by atoms with van der Waals surface area (Å²) in [5, 5.41) is 3.34. The number of esters is 1. The largest absolute Gasteiger partial charge is 0.494 e. The molecule has 0 aliphatic heterocycles. The van der Waals surface area contributed by atoms with Crippen molar-refractivity contribution in [3.05, 3.63) is 112 Å². The van der Waals surface area contributed by atoms with E-state index in [1.165, 1.54) is 18.2 Å². The maximum absolute atomic E-state index is 12.7. The first-order chi connectivity index (χ1) is 18.4. The average Bonchev–Trinajstić information content (AvgIpc) is 2.92. The van der Waals surface area contributed by atoms with Crippen molar-refractivity contribution >= 4 is 28.9 Å². The van der Waals surface area contributed by atoms with Crippen LogP contribution < -0.4 is 20.4 Å². The molecule has 1 atom stereocenters. The van der Waals surface area contributed by atoms with Crippen molar-refractivity contribution in [2.75, 3.05) is 6.61 Å². The highest BCUT2D eigenvalue weighted by molar-refractivity contribution is 5.97. The van der Waals surface area contributed by atoms with E-state index in [1.807, 2.05) is 61.5 Å². The molecule has 0 saturated carbocycles. The topological polar surface area (TPSA) is 94.8 Å². The highest BCUT2D eigenvalue weighted by atomic mass is 16.5. The molecule has 0 spiro atoms. The number of benzene rings is 3. The molecule has 4 aromatic rings. The van der Waals surface area contributed by atoms with E-state index in [4.69, 9.17) is 13.9 Å². The summed E-state index contributed by atoms with van der Waals surface area (Å²) in [5.74, 6) is -0.119. The molecular formula is C31H29NO6. The van der Waals surface area contributed by atoms with E-state index in [9.17, 15) is 14.4 Å². The molecule has 1 amide bonds. The van der Waals surface area contributed by atoms with Gasteiger partial charge in [-0.05, 0) is 60.9 Å². The molecule has 0 aliphatic carbocycles. The third-order valence-corrected chi connectivity index (χ3v) is 5.88. The standard InChI is InChI=1S/C31H29NO6/c1-3-4-18-36-25-14-10-22(11-15-25)12-17-29(33)37-26-16-13-24-19-27(31(35)38-28(24)20-26)30(34)32-21(2)23-8-6-5-7-9-23/h5-17,19-21H,3-4,18H2,1-2H3,(H,32,34)/b17-12+. The third-order valence-electron chi connectivity index (χ3n) is 5.88. The molecule has 0 aliphatic rings. The normalized spacial score (nSPS) is 11.8. The van der Waals surface area contributed by atoms with E-state index in [-0.39, 0.29) is 22.9 Å². The quantitative estimate of drug-likeness (QED) is 0.0911. The first-order valence-corrected chi connectivity index (χ1v) is 12.5. The maximum atomic E-state index is 12.7. The van der Waals surface area contributed by atoms with Gasteiger partial charge in [0.2, 0.25) is 0 Å². The predicted octanol–water partition coefficient (Wildman–Crippen LogP) is 6.08. The Bertz CT molecular complexity index is 1490. The minimum Gasteiger partial charge on any atom is -0.494 e. The van der Waals surface area contributed by atoms with Crippen LogP contribution in [-0.2, 0) is 4.79 Å². The monoisotopic (exact) mass is 511 g/mol. The van der Waals surface area contributed by atoms with E-state index in [0.29, 0.717) is 12.0 Å². The number of hydrogen-bond donors (Lipinski definition) is 1. The lowest BCUT2D eigenvalue weighted by atomic mass is 10.1. The second-order valence-corrected chi connectivity index (χ2v) is 8.78. The number of carbonyl (C=O) groups is 2. The summed E-state index contributed by atoms with van der Waals surface area (Å²) in [6.45, 7) is 4.62. The molecule has 7 heteroatoms. The summed E-state index contributed by atoms with van der Waals surface area (Å²) >= 11 is 0. The van der Waals surface area contributed by atoms with E-state index in [1.54, 1.807) is 18.2 Å². The van der Waals surface area contributed by atoms with Crippen LogP contribution in [0.25, 0.3) is 17.0 Å². The molecule has 0 bridgehead atoms. The lowest BCUT2D eigenvalue weighted by Gasteiger charge is -2.14. The minimum atomic E-state index is -0.777. The van der Waals surface area contributed by atoms with Gasteiger partial charge in [-0.3, -0.25) is 4.79 Å². The second-order valence-electron chi connectivity index (χ2n) is 8.78. The molecule has 4 rings (SSSR count). The molecule has 1 heterocycles. The third kappa shape index (κ3) is 6.97. The summed E-state index contributed by atoms with van der Waals surface area (Å²) in [5.41, 5.74) is 1.06. The summed E-state index contributed by atoms with van der Waals surface area (Å²) in [7, 11) is 0. The van der Waals surface area contributed by atoms with Gasteiger partial charge in [-0.2, -0.15) is 0 Å². The van der Waals surface area contributed by atoms with Crippen molar-refractivity contribution in [1.82, 2.24) is 5.32 Å². The fourth-order valence-electron chi connectivity index (χ4n) is 3.74. The molecule has 0 radical (unpaired) electrons. The fourth-order valence-corrected chi connectivity index (χ4v) is 3.74. The van der Waals surface area contributed by atoms with Gasteiger partial charge in [0.05, 0.1) is 12.6 Å². The van der Waals surface area contributed by atoms with Crippen LogP contribution in [0, 0.1) is 0 Å². The molecule has 194 valence electrons. The van der Waals surface area contributed by atoms with Crippen LogP contribution in [0.1, 0.15) is 54.2 Å². The molecule has 3 aromatic carbocycles. The smallest absolute Gasteiger partial charge is 0.349 e.